The van der Waals surface area contributed by atoms with Crippen LogP contribution in [-0.2, 0) is 10.9 Å². The Morgan fingerprint density at radius 3 is 2.61 bits per heavy atom. The van der Waals surface area contributed by atoms with Gasteiger partial charge in [0.25, 0.3) is 0 Å². The molecule has 1 aliphatic rings. The molecule has 18 heavy (non-hydrogen) atoms. The molecule has 3 nitrogen and oxygen atoms in total. The maximum atomic E-state index is 12.5. The third-order valence-corrected chi connectivity index (χ3v) is 3.14. The van der Waals surface area contributed by atoms with Gasteiger partial charge in [0.1, 0.15) is 0 Å². The molecule has 1 saturated heterocycles. The van der Waals surface area contributed by atoms with Gasteiger partial charge in [0.15, 0.2) is 0 Å². The summed E-state index contributed by atoms with van der Waals surface area (Å²) in [7, 11) is 0. The number of hydrogen-bond donors (Lipinski definition) is 2. The van der Waals surface area contributed by atoms with Crippen LogP contribution in [0, 0.1) is 5.92 Å². The molecule has 2 unspecified atom stereocenters. The summed E-state index contributed by atoms with van der Waals surface area (Å²) >= 11 is 0. The van der Waals surface area contributed by atoms with Gasteiger partial charge in [-0.15, -0.1) is 0 Å². The molecule has 1 heterocycles. The van der Waals surface area contributed by atoms with Crippen molar-refractivity contribution in [2.45, 2.75) is 18.7 Å². The summed E-state index contributed by atoms with van der Waals surface area (Å²) in [4.78, 5) is 0. The van der Waals surface area contributed by atoms with E-state index >= 15 is 0 Å². The van der Waals surface area contributed by atoms with Gasteiger partial charge in [0.05, 0.1) is 18.3 Å². The summed E-state index contributed by atoms with van der Waals surface area (Å²) in [5.74, 6) is -0.107. The highest BCUT2D eigenvalue weighted by Gasteiger charge is 2.32. The maximum absolute atomic E-state index is 12.5. The van der Waals surface area contributed by atoms with E-state index in [4.69, 9.17) is 10.5 Å². The molecular weight excluding hydrogens is 247 g/mol. The van der Waals surface area contributed by atoms with Crippen LogP contribution < -0.4 is 5.73 Å². The van der Waals surface area contributed by atoms with Gasteiger partial charge in [-0.25, -0.2) is 0 Å². The van der Waals surface area contributed by atoms with Crippen LogP contribution in [0.4, 0.5) is 18.9 Å². The highest BCUT2D eigenvalue weighted by Crippen LogP contribution is 2.36. The Labute approximate surface area is 102 Å². The minimum absolute atomic E-state index is 0.0378. The third kappa shape index (κ3) is 2.59. The summed E-state index contributed by atoms with van der Waals surface area (Å²) in [5, 5.41) is 10.1. The van der Waals surface area contributed by atoms with E-state index < -0.39 is 17.8 Å². The molecule has 6 heteroatoms. The van der Waals surface area contributed by atoms with Gasteiger partial charge in [-0.1, -0.05) is 6.07 Å². The van der Waals surface area contributed by atoms with E-state index in [9.17, 15) is 18.3 Å². The second kappa shape index (κ2) is 4.78. The molecule has 0 spiro atoms. The molecule has 1 aromatic rings. The lowest BCUT2D eigenvalue weighted by molar-refractivity contribution is -0.137. The first kappa shape index (κ1) is 13.2. The first-order valence-electron chi connectivity index (χ1n) is 5.62. The smallest absolute Gasteiger partial charge is 0.398 e. The summed E-state index contributed by atoms with van der Waals surface area (Å²) in [6.45, 7) is 0.962. The molecule has 0 bridgehead atoms. The second-order valence-corrected chi connectivity index (χ2v) is 4.41. The number of aliphatic hydroxyl groups is 1. The van der Waals surface area contributed by atoms with Crippen LogP contribution >= 0.6 is 0 Å². The molecule has 3 N–H and O–H groups in total. The number of anilines is 1. The Hall–Kier alpha value is -1.27. The van der Waals surface area contributed by atoms with Gasteiger partial charge in [-0.2, -0.15) is 13.2 Å². The van der Waals surface area contributed by atoms with E-state index in [0.717, 1.165) is 12.1 Å². The number of nitrogen functional groups attached to an aromatic ring is 1. The second-order valence-electron chi connectivity index (χ2n) is 4.41. The summed E-state index contributed by atoms with van der Waals surface area (Å²) in [6.07, 6.45) is -4.62. The van der Waals surface area contributed by atoms with Crippen LogP contribution in [0.25, 0.3) is 0 Å². The first-order valence-corrected chi connectivity index (χ1v) is 5.62. The molecule has 1 fully saturated rings. The van der Waals surface area contributed by atoms with Crippen molar-refractivity contribution in [3.8, 4) is 0 Å². The van der Waals surface area contributed by atoms with Crippen molar-refractivity contribution >= 4 is 5.69 Å². The number of aliphatic hydroxyl groups excluding tert-OH is 1. The number of nitrogens with two attached hydrogens (primary N) is 1. The minimum atomic E-state index is -4.42. The molecule has 2 rings (SSSR count). The average molecular weight is 261 g/mol. The topological polar surface area (TPSA) is 55.5 Å². The number of rotatable bonds is 2. The van der Waals surface area contributed by atoms with Crippen LogP contribution in [0.3, 0.4) is 0 Å². The number of hydrogen-bond acceptors (Lipinski definition) is 3. The van der Waals surface area contributed by atoms with E-state index in [2.05, 4.69) is 0 Å². The van der Waals surface area contributed by atoms with Crippen molar-refractivity contribution in [1.29, 1.82) is 0 Å². The summed E-state index contributed by atoms with van der Waals surface area (Å²) in [5.41, 5.74) is 5.07. The Morgan fingerprint density at radius 2 is 2.11 bits per heavy atom. The summed E-state index contributed by atoms with van der Waals surface area (Å²) < 4.78 is 42.5. The van der Waals surface area contributed by atoms with Crippen molar-refractivity contribution in [2.75, 3.05) is 18.9 Å². The Kier molecular flexibility index (Phi) is 3.49. The van der Waals surface area contributed by atoms with Gasteiger partial charge < -0.3 is 15.6 Å². The third-order valence-electron chi connectivity index (χ3n) is 3.14. The SMILES string of the molecule is Nc1cc(C(F)(F)F)ccc1C(O)C1CCOC1. The Balaban J connectivity index is 2.24. The highest BCUT2D eigenvalue weighted by atomic mass is 19.4. The standard InChI is InChI=1S/C12H14F3NO2/c13-12(14,15)8-1-2-9(10(16)5-8)11(17)7-3-4-18-6-7/h1-2,5,7,11,17H,3-4,6,16H2. The Morgan fingerprint density at radius 1 is 1.39 bits per heavy atom. The number of benzene rings is 1. The normalized spacial score (nSPS) is 22.1. The zero-order valence-electron chi connectivity index (χ0n) is 9.57. The molecule has 0 saturated carbocycles. The molecule has 1 aliphatic heterocycles. The van der Waals surface area contributed by atoms with Gasteiger partial charge in [0, 0.05) is 23.8 Å². The lowest BCUT2D eigenvalue weighted by Crippen LogP contribution is -2.15. The van der Waals surface area contributed by atoms with E-state index in [0.29, 0.717) is 25.2 Å². The van der Waals surface area contributed by atoms with Crippen molar-refractivity contribution in [1.82, 2.24) is 0 Å². The zero-order valence-corrected chi connectivity index (χ0v) is 9.57. The number of halogens is 3. The fourth-order valence-electron chi connectivity index (χ4n) is 2.08. The van der Waals surface area contributed by atoms with Crippen LogP contribution in [0.5, 0.6) is 0 Å². The van der Waals surface area contributed by atoms with Gasteiger partial charge in [0.2, 0.25) is 0 Å². The van der Waals surface area contributed by atoms with E-state index in [1.54, 1.807) is 0 Å². The van der Waals surface area contributed by atoms with Crippen molar-refractivity contribution in [3.63, 3.8) is 0 Å². The fraction of sp³-hybridized carbons (Fsp3) is 0.500. The molecule has 0 aliphatic carbocycles. The van der Waals surface area contributed by atoms with Crippen LogP contribution in [-0.4, -0.2) is 18.3 Å². The molecular formula is C12H14F3NO2. The average Bonchev–Trinajstić information content (AvgIpc) is 2.80. The van der Waals surface area contributed by atoms with Crippen LogP contribution in [0.2, 0.25) is 0 Å². The van der Waals surface area contributed by atoms with Crippen molar-refractivity contribution in [2.24, 2.45) is 5.92 Å². The zero-order chi connectivity index (χ0) is 13.3. The van der Waals surface area contributed by atoms with E-state index in [1.165, 1.54) is 6.07 Å². The minimum Gasteiger partial charge on any atom is -0.398 e. The molecule has 0 aromatic heterocycles. The predicted molar refractivity (Wildman–Crippen MR) is 59.7 cm³/mol. The van der Waals surface area contributed by atoms with Crippen molar-refractivity contribution in [3.05, 3.63) is 29.3 Å². The largest absolute Gasteiger partial charge is 0.416 e. The van der Waals surface area contributed by atoms with Crippen molar-refractivity contribution < 1.29 is 23.0 Å². The lowest BCUT2D eigenvalue weighted by Gasteiger charge is -2.19. The lowest BCUT2D eigenvalue weighted by atomic mass is 9.93. The quantitative estimate of drug-likeness (QED) is 0.803. The Bertz CT molecular complexity index is 428. The van der Waals surface area contributed by atoms with Gasteiger partial charge in [-0.3, -0.25) is 0 Å². The molecule has 1 aromatic carbocycles. The van der Waals surface area contributed by atoms with E-state index in [1.807, 2.05) is 0 Å². The molecule has 0 radical (unpaired) electrons. The number of ether oxygens (including phenoxy) is 1. The molecule has 0 amide bonds. The monoisotopic (exact) mass is 261 g/mol. The predicted octanol–water partition coefficient (Wildman–Crippen LogP) is 2.36. The molecule has 100 valence electrons. The van der Waals surface area contributed by atoms with Gasteiger partial charge in [-0.05, 0) is 18.6 Å². The van der Waals surface area contributed by atoms with Gasteiger partial charge >= 0.3 is 6.18 Å². The number of alkyl halides is 3. The van der Waals surface area contributed by atoms with Crippen LogP contribution in [0.1, 0.15) is 23.7 Å². The fourth-order valence-corrected chi connectivity index (χ4v) is 2.08. The first-order chi connectivity index (χ1) is 8.39. The van der Waals surface area contributed by atoms with Crippen LogP contribution in [0.15, 0.2) is 18.2 Å². The highest BCUT2D eigenvalue weighted by molar-refractivity contribution is 5.51. The molecule has 2 atom stereocenters. The maximum Gasteiger partial charge on any atom is 0.416 e. The van der Waals surface area contributed by atoms with E-state index in [-0.39, 0.29) is 11.6 Å². The summed E-state index contributed by atoms with van der Waals surface area (Å²) in [6, 6.07) is 3.03.